The zero-order chi connectivity index (χ0) is 17.9. The Morgan fingerprint density at radius 3 is 2.69 bits per heavy atom. The molecule has 0 N–H and O–H groups in total. The second-order valence-electron chi connectivity index (χ2n) is 5.99. The Labute approximate surface area is 164 Å². The van der Waals surface area contributed by atoms with Gasteiger partial charge in [0.25, 0.3) is 0 Å². The number of rotatable bonds is 3. The zero-order valence-corrected chi connectivity index (χ0v) is 16.4. The van der Waals surface area contributed by atoms with Crippen molar-refractivity contribution in [1.82, 2.24) is 14.9 Å². The van der Waals surface area contributed by atoms with E-state index in [9.17, 15) is 4.79 Å². The summed E-state index contributed by atoms with van der Waals surface area (Å²) in [5.74, 6) is 0.0476. The van der Waals surface area contributed by atoms with Gasteiger partial charge in [-0.25, -0.2) is 9.97 Å². The molecule has 0 spiro atoms. The molecule has 26 heavy (non-hydrogen) atoms. The van der Waals surface area contributed by atoms with E-state index >= 15 is 0 Å². The molecule has 0 aliphatic carbocycles. The lowest BCUT2D eigenvalue weighted by molar-refractivity contribution is -0.126. The van der Waals surface area contributed by atoms with Crippen LogP contribution in [0.4, 0.5) is 5.13 Å². The summed E-state index contributed by atoms with van der Waals surface area (Å²) < 4.78 is 0.985. The molecule has 2 aromatic heterocycles. The maximum absolute atomic E-state index is 12.4. The minimum absolute atomic E-state index is 0.0476. The average molecular weight is 429 g/mol. The van der Waals surface area contributed by atoms with Crippen LogP contribution < -0.4 is 4.90 Å². The Morgan fingerprint density at radius 2 is 1.92 bits per heavy atom. The number of piperazine rings is 1. The topological polar surface area (TPSA) is 49.3 Å². The molecular weight excluding hydrogens is 412 g/mol. The van der Waals surface area contributed by atoms with Crippen LogP contribution in [-0.4, -0.2) is 47.0 Å². The van der Waals surface area contributed by atoms with E-state index in [4.69, 9.17) is 0 Å². The summed E-state index contributed by atoms with van der Waals surface area (Å²) in [7, 11) is 0. The maximum Gasteiger partial charge on any atom is 0.246 e. The molecule has 4 rings (SSSR count). The highest BCUT2D eigenvalue weighted by atomic mass is 79.9. The van der Waals surface area contributed by atoms with Crippen molar-refractivity contribution in [3.63, 3.8) is 0 Å². The highest BCUT2D eigenvalue weighted by Crippen LogP contribution is 2.27. The molecule has 0 unspecified atom stereocenters. The first-order valence-electron chi connectivity index (χ1n) is 8.39. The number of halogens is 1. The van der Waals surface area contributed by atoms with E-state index in [0.717, 1.165) is 38.6 Å². The second-order valence-corrected chi connectivity index (χ2v) is 7.80. The van der Waals surface area contributed by atoms with Gasteiger partial charge in [0, 0.05) is 42.9 Å². The molecule has 0 bridgehead atoms. The lowest BCUT2D eigenvalue weighted by Gasteiger charge is -2.34. The number of hydrogen-bond donors (Lipinski definition) is 0. The van der Waals surface area contributed by atoms with Gasteiger partial charge in [-0.3, -0.25) is 4.79 Å². The van der Waals surface area contributed by atoms with Gasteiger partial charge in [0.15, 0.2) is 5.13 Å². The summed E-state index contributed by atoms with van der Waals surface area (Å²) in [6, 6.07) is 11.7. The highest BCUT2D eigenvalue weighted by Gasteiger charge is 2.22. The van der Waals surface area contributed by atoms with E-state index in [0.29, 0.717) is 13.1 Å². The van der Waals surface area contributed by atoms with Gasteiger partial charge in [0.2, 0.25) is 5.91 Å². The van der Waals surface area contributed by atoms with Crippen LogP contribution in [-0.2, 0) is 4.79 Å². The van der Waals surface area contributed by atoms with E-state index in [1.165, 1.54) is 0 Å². The Morgan fingerprint density at radius 1 is 1.12 bits per heavy atom. The molecule has 0 saturated carbocycles. The number of hydrogen-bond acceptors (Lipinski definition) is 5. The number of nitrogens with zero attached hydrogens (tertiary/aromatic N) is 4. The van der Waals surface area contributed by atoms with Gasteiger partial charge >= 0.3 is 0 Å². The van der Waals surface area contributed by atoms with Gasteiger partial charge in [0.1, 0.15) is 10.3 Å². The second kappa shape index (κ2) is 7.55. The van der Waals surface area contributed by atoms with Gasteiger partial charge in [-0.05, 0) is 29.8 Å². The number of thiazole rings is 1. The number of carbonyl (C=O) groups is 1. The van der Waals surface area contributed by atoms with Crippen LogP contribution in [0.2, 0.25) is 0 Å². The summed E-state index contributed by atoms with van der Waals surface area (Å²) in [5, 5.41) is 0.981. The first-order valence-corrected chi connectivity index (χ1v) is 10.00. The molecule has 1 aromatic carbocycles. The highest BCUT2D eigenvalue weighted by molar-refractivity contribution is 9.10. The minimum atomic E-state index is 0.0476. The first-order chi connectivity index (χ1) is 12.7. The zero-order valence-electron chi connectivity index (χ0n) is 14.0. The monoisotopic (exact) mass is 428 g/mol. The molecule has 132 valence electrons. The van der Waals surface area contributed by atoms with Crippen molar-refractivity contribution in [3.05, 3.63) is 58.7 Å². The largest absolute Gasteiger partial charge is 0.344 e. The standard InChI is InChI=1S/C19H17BrN4OS/c20-15-5-2-1-4-14(15)7-8-17(25)23-10-12-24(13-11-23)19-22-16-6-3-9-21-18(16)26-19/h1-9H,10-13H2/b8-7+. The van der Waals surface area contributed by atoms with E-state index in [1.54, 1.807) is 23.6 Å². The number of carbonyl (C=O) groups excluding carboxylic acids is 1. The Kier molecular flexibility index (Phi) is 4.99. The van der Waals surface area contributed by atoms with E-state index in [2.05, 4.69) is 30.8 Å². The molecule has 5 nitrogen and oxygen atoms in total. The third-order valence-electron chi connectivity index (χ3n) is 4.33. The van der Waals surface area contributed by atoms with Crippen molar-refractivity contribution in [2.45, 2.75) is 0 Å². The number of anilines is 1. The minimum Gasteiger partial charge on any atom is -0.344 e. The molecule has 0 radical (unpaired) electrons. The summed E-state index contributed by atoms with van der Waals surface area (Å²) in [6.45, 7) is 2.97. The quantitative estimate of drug-likeness (QED) is 0.595. The van der Waals surface area contributed by atoms with Gasteiger partial charge in [-0.15, -0.1) is 0 Å². The molecule has 1 aliphatic rings. The van der Waals surface area contributed by atoms with Crippen molar-refractivity contribution >= 4 is 54.7 Å². The van der Waals surface area contributed by atoms with E-state index < -0.39 is 0 Å². The predicted octanol–water partition coefficient (Wildman–Crippen LogP) is 3.82. The van der Waals surface area contributed by atoms with Crippen molar-refractivity contribution in [2.24, 2.45) is 0 Å². The normalized spacial score (nSPS) is 15.1. The molecular formula is C19H17BrN4OS. The number of benzene rings is 1. The van der Waals surface area contributed by atoms with Gasteiger partial charge in [0.05, 0.1) is 0 Å². The van der Waals surface area contributed by atoms with Crippen LogP contribution in [0, 0.1) is 0 Å². The lowest BCUT2D eigenvalue weighted by Crippen LogP contribution is -2.48. The summed E-state index contributed by atoms with van der Waals surface area (Å²) in [6.07, 6.45) is 5.30. The van der Waals surface area contributed by atoms with Crippen molar-refractivity contribution in [2.75, 3.05) is 31.1 Å². The van der Waals surface area contributed by atoms with Crippen LogP contribution in [0.1, 0.15) is 5.56 Å². The van der Waals surface area contributed by atoms with Crippen molar-refractivity contribution < 1.29 is 4.79 Å². The fraction of sp³-hybridized carbons (Fsp3) is 0.211. The Hall–Kier alpha value is -2.25. The predicted molar refractivity (Wildman–Crippen MR) is 109 cm³/mol. The molecule has 1 fully saturated rings. The molecule has 3 heterocycles. The molecule has 3 aromatic rings. The molecule has 1 saturated heterocycles. The van der Waals surface area contributed by atoms with Crippen molar-refractivity contribution in [3.8, 4) is 0 Å². The third-order valence-corrected chi connectivity index (χ3v) is 6.09. The van der Waals surface area contributed by atoms with Crippen LogP contribution in [0.3, 0.4) is 0 Å². The third kappa shape index (κ3) is 3.64. The number of amides is 1. The summed E-state index contributed by atoms with van der Waals surface area (Å²) >= 11 is 5.10. The van der Waals surface area contributed by atoms with Gasteiger partial charge in [-0.2, -0.15) is 0 Å². The van der Waals surface area contributed by atoms with Crippen molar-refractivity contribution in [1.29, 1.82) is 0 Å². The van der Waals surface area contributed by atoms with Crippen LogP contribution in [0.5, 0.6) is 0 Å². The average Bonchev–Trinajstić information content (AvgIpc) is 3.11. The van der Waals surface area contributed by atoms with Crippen LogP contribution in [0.15, 0.2) is 53.1 Å². The summed E-state index contributed by atoms with van der Waals surface area (Å²) in [5.41, 5.74) is 1.93. The first kappa shape index (κ1) is 17.2. The fourth-order valence-corrected chi connectivity index (χ4v) is 4.27. The molecule has 0 atom stereocenters. The van der Waals surface area contributed by atoms with Crippen LogP contribution >= 0.6 is 27.3 Å². The van der Waals surface area contributed by atoms with E-state index in [1.807, 2.05) is 47.4 Å². The maximum atomic E-state index is 12.4. The SMILES string of the molecule is O=C(/C=C/c1ccccc1Br)N1CCN(c2nc3cccnc3s2)CC1. The number of fused-ring (bicyclic) bond motifs is 1. The van der Waals surface area contributed by atoms with Gasteiger partial charge < -0.3 is 9.80 Å². The van der Waals surface area contributed by atoms with Crippen LogP contribution in [0.25, 0.3) is 16.4 Å². The fourth-order valence-electron chi connectivity index (χ4n) is 2.89. The molecule has 7 heteroatoms. The van der Waals surface area contributed by atoms with Gasteiger partial charge in [-0.1, -0.05) is 45.5 Å². The summed E-state index contributed by atoms with van der Waals surface area (Å²) in [4.78, 5) is 26.5. The smallest absolute Gasteiger partial charge is 0.246 e. The number of pyridine rings is 1. The Balaban J connectivity index is 1.38. The van der Waals surface area contributed by atoms with E-state index in [-0.39, 0.29) is 5.91 Å². The number of aromatic nitrogens is 2. The molecule has 1 aliphatic heterocycles. The Bertz CT molecular complexity index is 930. The molecule has 1 amide bonds. The lowest BCUT2D eigenvalue weighted by atomic mass is 10.2.